The van der Waals surface area contributed by atoms with Gasteiger partial charge in [0.05, 0.1) is 17.6 Å². The third-order valence-corrected chi connectivity index (χ3v) is 1.90. The summed E-state index contributed by atoms with van der Waals surface area (Å²) < 4.78 is 4.96. The Morgan fingerprint density at radius 2 is 2.15 bits per heavy atom. The van der Waals surface area contributed by atoms with Gasteiger partial charge in [0, 0.05) is 5.56 Å². The molecule has 0 heterocycles. The van der Waals surface area contributed by atoms with Crippen LogP contribution in [0.5, 0.6) is 5.75 Å². The SMILES string of the molecule is COc1c[c]c(C)c([N+](=O)[O-])c1C. The van der Waals surface area contributed by atoms with Gasteiger partial charge in [0.15, 0.2) is 0 Å². The summed E-state index contributed by atoms with van der Waals surface area (Å²) in [5.74, 6) is 0.498. The molecule has 0 unspecified atom stereocenters. The Labute approximate surface area is 76.3 Å². The quantitative estimate of drug-likeness (QED) is 0.516. The highest BCUT2D eigenvalue weighted by Gasteiger charge is 2.17. The number of ether oxygens (including phenoxy) is 1. The molecule has 13 heavy (non-hydrogen) atoms. The fraction of sp³-hybridized carbons (Fsp3) is 0.333. The third kappa shape index (κ3) is 1.61. The molecule has 0 spiro atoms. The van der Waals surface area contributed by atoms with Gasteiger partial charge in [0.2, 0.25) is 0 Å². The number of methoxy groups -OCH3 is 1. The highest BCUT2D eigenvalue weighted by Crippen LogP contribution is 2.29. The molecule has 4 heteroatoms. The largest absolute Gasteiger partial charge is 0.496 e. The van der Waals surface area contributed by atoms with Gasteiger partial charge in [0.25, 0.3) is 5.69 Å². The van der Waals surface area contributed by atoms with Crippen molar-refractivity contribution in [3.63, 3.8) is 0 Å². The summed E-state index contributed by atoms with van der Waals surface area (Å²) >= 11 is 0. The first-order valence-corrected chi connectivity index (χ1v) is 3.78. The molecule has 0 fully saturated rings. The molecule has 0 saturated heterocycles. The molecule has 0 atom stereocenters. The lowest BCUT2D eigenvalue weighted by Crippen LogP contribution is -1.97. The van der Waals surface area contributed by atoms with E-state index in [1.807, 2.05) is 0 Å². The predicted molar refractivity (Wildman–Crippen MR) is 48.0 cm³/mol. The Kier molecular flexibility index (Phi) is 2.51. The Morgan fingerprint density at radius 1 is 1.54 bits per heavy atom. The van der Waals surface area contributed by atoms with Crippen molar-refractivity contribution in [2.75, 3.05) is 7.11 Å². The molecule has 0 bridgehead atoms. The Balaban J connectivity index is 3.38. The summed E-state index contributed by atoms with van der Waals surface area (Å²) in [7, 11) is 1.48. The molecule has 0 aliphatic rings. The van der Waals surface area contributed by atoms with E-state index in [9.17, 15) is 10.1 Å². The smallest absolute Gasteiger partial charge is 0.279 e. The van der Waals surface area contributed by atoms with Crippen molar-refractivity contribution < 1.29 is 9.66 Å². The van der Waals surface area contributed by atoms with E-state index in [2.05, 4.69) is 6.07 Å². The minimum absolute atomic E-state index is 0.0827. The van der Waals surface area contributed by atoms with Gasteiger partial charge >= 0.3 is 0 Å². The molecule has 0 aromatic heterocycles. The summed E-state index contributed by atoms with van der Waals surface area (Å²) in [6.07, 6.45) is 0. The number of hydrogen-bond acceptors (Lipinski definition) is 3. The average Bonchev–Trinajstić information content (AvgIpc) is 2.04. The van der Waals surface area contributed by atoms with Crippen molar-refractivity contribution in [1.82, 2.24) is 0 Å². The zero-order valence-electron chi connectivity index (χ0n) is 7.75. The molecular weight excluding hydrogens is 170 g/mol. The minimum atomic E-state index is -0.413. The summed E-state index contributed by atoms with van der Waals surface area (Å²) in [5, 5.41) is 10.6. The standard InChI is InChI=1S/C9H10NO3/c1-6-4-5-8(13-3)7(2)9(6)10(11)12/h5H,1-3H3. The van der Waals surface area contributed by atoms with Gasteiger partial charge in [-0.15, -0.1) is 0 Å². The van der Waals surface area contributed by atoms with E-state index >= 15 is 0 Å². The highest BCUT2D eigenvalue weighted by atomic mass is 16.6. The molecule has 0 aliphatic heterocycles. The van der Waals surface area contributed by atoms with E-state index in [1.54, 1.807) is 19.9 Å². The first kappa shape index (κ1) is 9.51. The highest BCUT2D eigenvalue weighted by molar-refractivity contribution is 5.53. The van der Waals surface area contributed by atoms with Crippen molar-refractivity contribution in [1.29, 1.82) is 0 Å². The van der Waals surface area contributed by atoms with Crippen molar-refractivity contribution >= 4 is 5.69 Å². The van der Waals surface area contributed by atoms with Gasteiger partial charge < -0.3 is 4.74 Å². The van der Waals surface area contributed by atoms with Crippen LogP contribution in [0.4, 0.5) is 5.69 Å². The summed E-state index contributed by atoms with van der Waals surface area (Å²) in [6.45, 7) is 3.32. The zero-order valence-corrected chi connectivity index (χ0v) is 7.75. The second kappa shape index (κ2) is 3.43. The van der Waals surface area contributed by atoms with Crippen LogP contribution in [0.1, 0.15) is 11.1 Å². The van der Waals surface area contributed by atoms with Crippen molar-refractivity contribution in [3.8, 4) is 5.75 Å². The molecule has 69 valence electrons. The number of benzene rings is 1. The van der Waals surface area contributed by atoms with Crippen molar-refractivity contribution in [3.05, 3.63) is 33.4 Å². The lowest BCUT2D eigenvalue weighted by atomic mass is 10.1. The van der Waals surface area contributed by atoms with Crippen LogP contribution in [0.3, 0.4) is 0 Å². The van der Waals surface area contributed by atoms with E-state index < -0.39 is 4.92 Å². The second-order valence-corrected chi connectivity index (χ2v) is 2.71. The Morgan fingerprint density at radius 3 is 2.62 bits per heavy atom. The predicted octanol–water partition coefficient (Wildman–Crippen LogP) is 2.02. The molecule has 1 radical (unpaired) electrons. The maximum atomic E-state index is 10.6. The fourth-order valence-electron chi connectivity index (χ4n) is 1.23. The minimum Gasteiger partial charge on any atom is -0.496 e. The van der Waals surface area contributed by atoms with Crippen molar-refractivity contribution in [2.24, 2.45) is 0 Å². The monoisotopic (exact) mass is 180 g/mol. The van der Waals surface area contributed by atoms with Crippen LogP contribution in [-0.2, 0) is 0 Å². The van der Waals surface area contributed by atoms with Gasteiger partial charge in [-0.1, -0.05) is 0 Å². The van der Waals surface area contributed by atoms with Gasteiger partial charge in [-0.3, -0.25) is 10.1 Å². The van der Waals surface area contributed by atoms with Crippen molar-refractivity contribution in [2.45, 2.75) is 13.8 Å². The number of nitro benzene ring substituents is 1. The molecule has 4 nitrogen and oxygen atoms in total. The normalized spacial score (nSPS) is 9.77. The lowest BCUT2D eigenvalue weighted by molar-refractivity contribution is -0.386. The lowest BCUT2D eigenvalue weighted by Gasteiger charge is -2.05. The number of hydrogen-bond donors (Lipinski definition) is 0. The Bertz CT molecular complexity index is 347. The molecule has 0 saturated carbocycles. The van der Waals surface area contributed by atoms with Crippen LogP contribution in [0, 0.1) is 30.0 Å². The van der Waals surface area contributed by atoms with E-state index in [0.29, 0.717) is 16.9 Å². The molecule has 0 aliphatic carbocycles. The number of nitro groups is 1. The molecule has 0 amide bonds. The van der Waals surface area contributed by atoms with Crippen LogP contribution in [0.15, 0.2) is 6.07 Å². The van der Waals surface area contributed by atoms with E-state index in [-0.39, 0.29) is 5.69 Å². The maximum Gasteiger partial charge on any atom is 0.279 e. The van der Waals surface area contributed by atoms with Crippen LogP contribution in [-0.4, -0.2) is 12.0 Å². The first-order chi connectivity index (χ1) is 6.07. The summed E-state index contributed by atoms with van der Waals surface area (Å²) in [6, 6.07) is 4.38. The van der Waals surface area contributed by atoms with Crippen LogP contribution in [0.2, 0.25) is 0 Å². The van der Waals surface area contributed by atoms with Gasteiger partial charge in [-0.25, -0.2) is 0 Å². The third-order valence-electron chi connectivity index (χ3n) is 1.90. The molecule has 1 aromatic rings. The van der Waals surface area contributed by atoms with E-state index in [1.165, 1.54) is 7.11 Å². The molecule has 0 N–H and O–H groups in total. The van der Waals surface area contributed by atoms with Gasteiger partial charge in [-0.2, -0.15) is 0 Å². The summed E-state index contributed by atoms with van der Waals surface area (Å²) in [4.78, 5) is 10.2. The fourth-order valence-corrected chi connectivity index (χ4v) is 1.23. The second-order valence-electron chi connectivity index (χ2n) is 2.71. The van der Waals surface area contributed by atoms with Crippen LogP contribution in [0.25, 0.3) is 0 Å². The Hall–Kier alpha value is -1.58. The van der Waals surface area contributed by atoms with Gasteiger partial charge in [-0.05, 0) is 26.0 Å². The number of nitrogens with zero attached hydrogens (tertiary/aromatic N) is 1. The van der Waals surface area contributed by atoms with Gasteiger partial charge in [0.1, 0.15) is 5.75 Å². The average molecular weight is 180 g/mol. The van der Waals surface area contributed by atoms with Crippen LogP contribution < -0.4 is 4.74 Å². The molecule has 1 rings (SSSR count). The maximum absolute atomic E-state index is 10.6. The number of rotatable bonds is 2. The summed E-state index contributed by atoms with van der Waals surface area (Å²) in [5.41, 5.74) is 1.16. The van der Waals surface area contributed by atoms with E-state index in [0.717, 1.165) is 0 Å². The van der Waals surface area contributed by atoms with E-state index in [4.69, 9.17) is 4.74 Å². The number of aryl methyl sites for hydroxylation is 1. The molecule has 1 aromatic carbocycles. The van der Waals surface area contributed by atoms with Crippen LogP contribution >= 0.6 is 0 Å². The zero-order chi connectivity index (χ0) is 10.0. The molecular formula is C9H10NO3. The first-order valence-electron chi connectivity index (χ1n) is 3.78. The topological polar surface area (TPSA) is 52.4 Å².